The van der Waals surface area contributed by atoms with Gasteiger partial charge in [-0.15, -0.1) is 24.8 Å². The Morgan fingerprint density at radius 1 is 1.16 bits per heavy atom. The summed E-state index contributed by atoms with van der Waals surface area (Å²) in [6, 6.07) is 7.36. The van der Waals surface area contributed by atoms with E-state index in [1.807, 2.05) is 12.1 Å². The molecule has 0 spiro atoms. The number of benzene rings is 1. The first-order valence-corrected chi connectivity index (χ1v) is 8.25. The Balaban J connectivity index is 0.00000288. The Kier molecular flexibility index (Phi) is 12.3. The number of carbonyl (C=O) groups excluding carboxylic acids is 1. The minimum Gasteiger partial charge on any atom is -0.441 e. The summed E-state index contributed by atoms with van der Waals surface area (Å²) in [5.74, 6) is 1.25. The van der Waals surface area contributed by atoms with Crippen LogP contribution in [0.15, 0.2) is 34.9 Å². The summed E-state index contributed by atoms with van der Waals surface area (Å²) in [6.07, 6.45) is 3.62. The second kappa shape index (κ2) is 13.0. The van der Waals surface area contributed by atoms with Gasteiger partial charge in [-0.25, -0.2) is 4.98 Å². The first-order chi connectivity index (χ1) is 11.2. The van der Waals surface area contributed by atoms with Gasteiger partial charge in [0.15, 0.2) is 11.7 Å². The highest BCUT2D eigenvalue weighted by Gasteiger charge is 2.08. The van der Waals surface area contributed by atoms with Gasteiger partial charge in [0.2, 0.25) is 5.91 Å². The van der Waals surface area contributed by atoms with E-state index in [2.05, 4.69) is 22.5 Å². The molecule has 0 aliphatic carbocycles. The van der Waals surface area contributed by atoms with Crippen LogP contribution in [0.1, 0.15) is 25.7 Å². The van der Waals surface area contributed by atoms with Crippen molar-refractivity contribution in [1.29, 1.82) is 0 Å². The highest BCUT2D eigenvalue weighted by Crippen LogP contribution is 2.22. The number of nitrogens with one attached hydrogen (secondary N) is 2. The first-order valence-electron chi connectivity index (χ1n) is 7.87. The van der Waals surface area contributed by atoms with Crippen LogP contribution < -0.4 is 10.6 Å². The van der Waals surface area contributed by atoms with Gasteiger partial charge in [-0.05, 0) is 37.2 Å². The molecule has 0 saturated carbocycles. The van der Waals surface area contributed by atoms with Gasteiger partial charge in [-0.2, -0.15) is 0 Å². The third kappa shape index (κ3) is 8.59. The van der Waals surface area contributed by atoms with Crippen molar-refractivity contribution in [3.05, 3.63) is 41.4 Å². The van der Waals surface area contributed by atoms with Crippen molar-refractivity contribution < 1.29 is 9.21 Å². The summed E-state index contributed by atoms with van der Waals surface area (Å²) in [5.41, 5.74) is 0.916. The van der Waals surface area contributed by atoms with Crippen LogP contribution in [0.2, 0.25) is 5.02 Å². The predicted molar refractivity (Wildman–Crippen MR) is 106 cm³/mol. The average molecular weight is 409 g/mol. The topological polar surface area (TPSA) is 67.2 Å². The smallest absolute Gasteiger partial charge is 0.220 e. The minimum absolute atomic E-state index is 0. The zero-order valence-corrected chi connectivity index (χ0v) is 16.5. The molecule has 0 aliphatic rings. The van der Waals surface area contributed by atoms with Gasteiger partial charge in [0.25, 0.3) is 0 Å². The molecule has 1 amide bonds. The van der Waals surface area contributed by atoms with Gasteiger partial charge in [-0.3, -0.25) is 4.79 Å². The summed E-state index contributed by atoms with van der Waals surface area (Å²) in [4.78, 5) is 16.0. The molecule has 2 aromatic rings. The summed E-state index contributed by atoms with van der Waals surface area (Å²) < 4.78 is 5.67. The van der Waals surface area contributed by atoms with Crippen LogP contribution in [0.3, 0.4) is 0 Å². The lowest BCUT2D eigenvalue weighted by molar-refractivity contribution is -0.121. The number of aryl methyl sites for hydroxylation is 1. The molecular weight excluding hydrogens is 385 g/mol. The lowest BCUT2D eigenvalue weighted by Crippen LogP contribution is -2.32. The fourth-order valence-corrected chi connectivity index (χ4v) is 2.20. The van der Waals surface area contributed by atoms with Crippen molar-refractivity contribution in [2.24, 2.45) is 0 Å². The largest absolute Gasteiger partial charge is 0.441 e. The second-order valence-corrected chi connectivity index (χ2v) is 5.66. The number of amides is 1. The summed E-state index contributed by atoms with van der Waals surface area (Å²) in [6.45, 7) is 4.51. The predicted octanol–water partition coefficient (Wildman–Crippen LogP) is 3.89. The van der Waals surface area contributed by atoms with Gasteiger partial charge in [-0.1, -0.05) is 18.5 Å². The molecule has 1 aromatic heterocycles. The molecule has 0 radical (unpaired) electrons. The van der Waals surface area contributed by atoms with Crippen molar-refractivity contribution in [2.75, 3.05) is 19.6 Å². The molecular formula is C17H24Cl3N3O2. The van der Waals surface area contributed by atoms with E-state index in [4.69, 9.17) is 16.0 Å². The number of hydrogen-bond acceptors (Lipinski definition) is 4. The van der Waals surface area contributed by atoms with Gasteiger partial charge in [0.1, 0.15) is 0 Å². The van der Waals surface area contributed by atoms with Crippen LogP contribution in [0.4, 0.5) is 0 Å². The maximum Gasteiger partial charge on any atom is 0.220 e. The third-order valence-electron chi connectivity index (χ3n) is 3.30. The van der Waals surface area contributed by atoms with Gasteiger partial charge in [0.05, 0.1) is 6.20 Å². The van der Waals surface area contributed by atoms with Crippen molar-refractivity contribution in [2.45, 2.75) is 26.2 Å². The molecule has 5 nitrogen and oxygen atoms in total. The summed E-state index contributed by atoms with van der Waals surface area (Å²) in [7, 11) is 0. The van der Waals surface area contributed by atoms with Gasteiger partial charge in [0, 0.05) is 36.5 Å². The number of oxazole rings is 1. The van der Waals surface area contributed by atoms with E-state index in [1.54, 1.807) is 18.3 Å². The molecule has 0 bridgehead atoms. The fraction of sp³-hybridized carbons (Fsp3) is 0.412. The Bertz CT molecular complexity index is 618. The van der Waals surface area contributed by atoms with Crippen molar-refractivity contribution in [3.63, 3.8) is 0 Å². The van der Waals surface area contributed by atoms with E-state index in [-0.39, 0.29) is 30.7 Å². The molecule has 8 heteroatoms. The molecule has 2 N–H and O–H groups in total. The molecule has 0 unspecified atom stereocenters. The van der Waals surface area contributed by atoms with Gasteiger partial charge >= 0.3 is 0 Å². The zero-order chi connectivity index (χ0) is 16.5. The van der Waals surface area contributed by atoms with E-state index in [0.717, 1.165) is 25.1 Å². The molecule has 1 aromatic carbocycles. The lowest BCUT2D eigenvalue weighted by atomic mass is 10.2. The highest BCUT2D eigenvalue weighted by molar-refractivity contribution is 6.30. The van der Waals surface area contributed by atoms with E-state index in [9.17, 15) is 4.79 Å². The van der Waals surface area contributed by atoms with Crippen LogP contribution in [-0.4, -0.2) is 30.5 Å². The maximum atomic E-state index is 11.7. The fourth-order valence-electron chi connectivity index (χ4n) is 2.07. The van der Waals surface area contributed by atoms with Gasteiger partial charge < -0.3 is 15.1 Å². The molecule has 1 heterocycles. The van der Waals surface area contributed by atoms with E-state index in [0.29, 0.717) is 36.1 Å². The molecule has 25 heavy (non-hydrogen) atoms. The Labute approximate surface area is 165 Å². The first kappa shape index (κ1) is 23.7. The summed E-state index contributed by atoms with van der Waals surface area (Å²) >= 11 is 5.86. The van der Waals surface area contributed by atoms with Crippen molar-refractivity contribution in [3.8, 4) is 11.3 Å². The quantitative estimate of drug-likeness (QED) is 0.618. The Morgan fingerprint density at radius 3 is 2.56 bits per heavy atom. The third-order valence-corrected chi connectivity index (χ3v) is 3.55. The number of hydrogen-bond donors (Lipinski definition) is 2. The standard InChI is InChI=1S/C17H22ClN3O2.2ClH/c1-2-9-19-10-11-20-16(22)7-8-17-21-12-15(23-17)13-3-5-14(18)6-4-13;;/h3-6,12,19H,2,7-11H2,1H3,(H,20,22);2*1H. The van der Waals surface area contributed by atoms with Crippen LogP contribution in [0.5, 0.6) is 0 Å². The SMILES string of the molecule is CCCNCCNC(=O)CCc1ncc(-c2ccc(Cl)cc2)o1.Cl.Cl. The molecule has 0 aliphatic heterocycles. The van der Waals surface area contributed by atoms with Crippen LogP contribution in [0, 0.1) is 0 Å². The van der Waals surface area contributed by atoms with Crippen LogP contribution in [-0.2, 0) is 11.2 Å². The number of nitrogens with zero attached hydrogens (tertiary/aromatic N) is 1. The summed E-state index contributed by atoms with van der Waals surface area (Å²) in [5, 5.41) is 6.78. The Hall–Kier alpha value is -1.27. The normalized spacial score (nSPS) is 9.84. The van der Waals surface area contributed by atoms with Crippen LogP contribution in [0.25, 0.3) is 11.3 Å². The minimum atomic E-state index is 0. The highest BCUT2D eigenvalue weighted by atomic mass is 35.5. The second-order valence-electron chi connectivity index (χ2n) is 5.23. The number of carbonyl (C=O) groups is 1. The molecule has 0 fully saturated rings. The van der Waals surface area contributed by atoms with E-state index in [1.165, 1.54) is 0 Å². The Morgan fingerprint density at radius 2 is 1.88 bits per heavy atom. The molecule has 2 rings (SSSR count). The molecule has 0 saturated heterocycles. The zero-order valence-electron chi connectivity index (χ0n) is 14.1. The number of halogens is 3. The van der Waals surface area contributed by atoms with Crippen molar-refractivity contribution >= 4 is 42.3 Å². The van der Waals surface area contributed by atoms with Crippen molar-refractivity contribution in [1.82, 2.24) is 15.6 Å². The number of aromatic nitrogens is 1. The lowest BCUT2D eigenvalue weighted by Gasteiger charge is -2.05. The van der Waals surface area contributed by atoms with Crippen LogP contribution >= 0.6 is 36.4 Å². The van der Waals surface area contributed by atoms with E-state index >= 15 is 0 Å². The number of rotatable bonds is 9. The molecule has 140 valence electrons. The maximum absolute atomic E-state index is 11.7. The monoisotopic (exact) mass is 407 g/mol. The molecule has 0 atom stereocenters. The van der Waals surface area contributed by atoms with E-state index < -0.39 is 0 Å². The average Bonchev–Trinajstić information content (AvgIpc) is 3.02.